The number of methoxy groups -OCH3 is 1. The molecule has 0 fully saturated rings. The molecule has 0 unspecified atom stereocenters. The number of hydrogen-bond acceptors (Lipinski definition) is 5. The average Bonchev–Trinajstić information content (AvgIpc) is 2.79. The van der Waals surface area contributed by atoms with Crippen molar-refractivity contribution in [2.45, 2.75) is 0 Å². The van der Waals surface area contributed by atoms with Gasteiger partial charge in [-0.3, -0.25) is 0 Å². The Morgan fingerprint density at radius 3 is 1.38 bits per heavy atom. The maximum atomic E-state index is 5.95. The molecule has 0 spiro atoms. The Kier molecular flexibility index (Phi) is 7.36. The van der Waals surface area contributed by atoms with Gasteiger partial charge < -0.3 is 27.7 Å². The normalized spacial score (nSPS) is 10.2. The molecule has 0 amide bonds. The van der Waals surface area contributed by atoms with Crippen LogP contribution in [0.4, 0.5) is 22.7 Å². The lowest BCUT2D eigenvalue weighted by molar-refractivity contribution is 0.417. The van der Waals surface area contributed by atoms with Crippen molar-refractivity contribution in [2.75, 3.05) is 30.0 Å². The molecule has 4 aromatic carbocycles. The van der Waals surface area contributed by atoms with Gasteiger partial charge in [0.15, 0.2) is 0 Å². The number of nitrogens with two attached hydrogens (primary N) is 4. The van der Waals surface area contributed by atoms with Crippen LogP contribution in [0.2, 0.25) is 10.0 Å². The summed E-state index contributed by atoms with van der Waals surface area (Å²) in [6.45, 7) is 0. The van der Waals surface area contributed by atoms with E-state index in [9.17, 15) is 0 Å². The minimum Gasteiger partial charge on any atom is -0.495 e. The molecular weight excluding hydrogens is 443 g/mol. The quantitative estimate of drug-likeness (QED) is 0.262. The second-order valence-electron chi connectivity index (χ2n) is 7.05. The van der Waals surface area contributed by atoms with E-state index in [-0.39, 0.29) is 0 Å². The summed E-state index contributed by atoms with van der Waals surface area (Å²) in [5, 5.41) is 1.07. The van der Waals surface area contributed by atoms with Crippen LogP contribution >= 0.6 is 23.2 Å². The fourth-order valence-corrected chi connectivity index (χ4v) is 3.34. The van der Waals surface area contributed by atoms with Crippen molar-refractivity contribution in [3.05, 3.63) is 88.9 Å². The Morgan fingerprint density at radius 2 is 0.938 bits per heavy atom. The first-order valence-corrected chi connectivity index (χ1v) is 10.4. The van der Waals surface area contributed by atoms with Gasteiger partial charge in [0, 0.05) is 5.69 Å². The van der Waals surface area contributed by atoms with Gasteiger partial charge >= 0.3 is 0 Å². The number of anilines is 4. The van der Waals surface area contributed by atoms with Gasteiger partial charge in [0.05, 0.1) is 34.2 Å². The zero-order valence-corrected chi connectivity index (χ0v) is 19.0. The van der Waals surface area contributed by atoms with Gasteiger partial charge in [0.1, 0.15) is 5.75 Å². The molecule has 4 rings (SSSR count). The van der Waals surface area contributed by atoms with E-state index in [1.165, 1.54) is 0 Å². The molecule has 5 nitrogen and oxygen atoms in total. The van der Waals surface area contributed by atoms with E-state index in [4.69, 9.17) is 50.9 Å². The summed E-state index contributed by atoms with van der Waals surface area (Å²) in [7, 11) is 1.61. The fraction of sp³-hybridized carbons (Fsp3) is 0.0400. The summed E-state index contributed by atoms with van der Waals surface area (Å²) in [5.74, 6) is 0.689. The summed E-state index contributed by atoms with van der Waals surface area (Å²) >= 11 is 11.9. The molecule has 0 radical (unpaired) electrons. The van der Waals surface area contributed by atoms with Crippen LogP contribution in [0.15, 0.2) is 78.9 Å². The molecule has 7 heteroatoms. The van der Waals surface area contributed by atoms with Gasteiger partial charge in [-0.1, -0.05) is 53.5 Å². The molecule has 0 aliphatic rings. The predicted octanol–water partition coefficient (Wildman–Crippen LogP) is 6.35. The summed E-state index contributed by atoms with van der Waals surface area (Å²) in [5.41, 5.74) is 29.3. The van der Waals surface area contributed by atoms with Gasteiger partial charge in [-0.2, -0.15) is 0 Å². The SMILES string of the molecule is COc1cc(-c2ccc(N)cc2)ccc1N.Nc1ccc(-c2ccc(N)c(Cl)c2)cc1Cl. The van der Waals surface area contributed by atoms with Gasteiger partial charge in [-0.15, -0.1) is 0 Å². The smallest absolute Gasteiger partial charge is 0.142 e. The maximum absolute atomic E-state index is 5.95. The third-order valence-electron chi connectivity index (χ3n) is 4.81. The van der Waals surface area contributed by atoms with Crippen molar-refractivity contribution in [3.63, 3.8) is 0 Å². The molecule has 0 bridgehead atoms. The lowest BCUT2D eigenvalue weighted by Gasteiger charge is -2.07. The first-order valence-electron chi connectivity index (χ1n) is 9.68. The second kappa shape index (κ2) is 10.2. The van der Waals surface area contributed by atoms with Crippen LogP contribution in [0.3, 0.4) is 0 Å². The van der Waals surface area contributed by atoms with Crippen LogP contribution in [0.5, 0.6) is 5.75 Å². The van der Waals surface area contributed by atoms with Gasteiger partial charge in [0.25, 0.3) is 0 Å². The van der Waals surface area contributed by atoms with Gasteiger partial charge in [-0.25, -0.2) is 0 Å². The summed E-state index contributed by atoms with van der Waals surface area (Å²) in [6, 6.07) is 24.3. The van der Waals surface area contributed by atoms with Crippen LogP contribution in [-0.2, 0) is 0 Å². The van der Waals surface area contributed by atoms with Crippen LogP contribution in [-0.4, -0.2) is 7.11 Å². The van der Waals surface area contributed by atoms with Crippen molar-refractivity contribution in [3.8, 4) is 28.0 Å². The topological polar surface area (TPSA) is 113 Å². The lowest BCUT2D eigenvalue weighted by Crippen LogP contribution is -1.92. The van der Waals surface area contributed by atoms with Crippen LogP contribution < -0.4 is 27.7 Å². The minimum atomic E-state index is 0.533. The number of hydrogen-bond donors (Lipinski definition) is 4. The first-order chi connectivity index (χ1) is 15.3. The van der Waals surface area contributed by atoms with Crippen molar-refractivity contribution < 1.29 is 4.74 Å². The fourth-order valence-electron chi connectivity index (χ4n) is 2.98. The highest BCUT2D eigenvalue weighted by molar-refractivity contribution is 6.34. The Morgan fingerprint density at radius 1 is 0.531 bits per heavy atom. The van der Waals surface area contributed by atoms with Gasteiger partial charge in [0.2, 0.25) is 0 Å². The lowest BCUT2D eigenvalue weighted by atomic mass is 10.0. The number of nitrogen functional groups attached to an aromatic ring is 4. The summed E-state index contributed by atoms with van der Waals surface area (Å²) in [4.78, 5) is 0. The zero-order valence-electron chi connectivity index (χ0n) is 17.5. The molecule has 0 saturated carbocycles. The molecule has 0 atom stereocenters. The molecule has 164 valence electrons. The van der Waals surface area contributed by atoms with Crippen molar-refractivity contribution in [2.24, 2.45) is 0 Å². The number of halogens is 2. The van der Waals surface area contributed by atoms with Crippen molar-refractivity contribution >= 4 is 46.0 Å². The maximum Gasteiger partial charge on any atom is 0.142 e. The van der Waals surface area contributed by atoms with E-state index in [1.807, 2.05) is 54.6 Å². The second-order valence-corrected chi connectivity index (χ2v) is 7.87. The van der Waals surface area contributed by atoms with Crippen LogP contribution in [0.1, 0.15) is 0 Å². The van der Waals surface area contributed by atoms with Gasteiger partial charge in [-0.05, 0) is 70.8 Å². The first kappa shape index (κ1) is 23.1. The summed E-state index contributed by atoms with van der Waals surface area (Å²) in [6.07, 6.45) is 0. The highest BCUT2D eigenvalue weighted by atomic mass is 35.5. The number of ether oxygens (including phenoxy) is 1. The Bertz CT molecular complexity index is 1180. The van der Waals surface area contributed by atoms with E-state index >= 15 is 0 Å². The molecule has 0 heterocycles. The molecule has 32 heavy (non-hydrogen) atoms. The van der Waals surface area contributed by atoms with E-state index < -0.39 is 0 Å². The standard InChI is InChI=1S/C13H14N2O.C12H10Cl2N2/c1-16-13-8-10(4-7-12(13)15)9-2-5-11(14)6-3-9;13-9-5-7(1-3-11(9)15)8-2-4-12(16)10(14)6-8/h2-8H,14-15H2,1H3;1-6H,15-16H2. The van der Waals surface area contributed by atoms with E-state index in [0.29, 0.717) is 32.9 Å². The Balaban J connectivity index is 0.000000181. The molecule has 8 N–H and O–H groups in total. The van der Waals surface area contributed by atoms with Crippen LogP contribution in [0.25, 0.3) is 22.3 Å². The highest BCUT2D eigenvalue weighted by Gasteiger charge is 2.04. The number of benzene rings is 4. The predicted molar refractivity (Wildman–Crippen MR) is 138 cm³/mol. The molecular formula is C25H24Cl2N4O. The molecule has 4 aromatic rings. The highest BCUT2D eigenvalue weighted by Crippen LogP contribution is 2.31. The zero-order chi connectivity index (χ0) is 23.3. The molecule has 0 aromatic heterocycles. The van der Waals surface area contributed by atoms with E-state index in [2.05, 4.69) is 0 Å². The van der Waals surface area contributed by atoms with E-state index in [0.717, 1.165) is 27.9 Å². The van der Waals surface area contributed by atoms with Crippen molar-refractivity contribution in [1.82, 2.24) is 0 Å². The molecule has 0 aliphatic heterocycles. The third-order valence-corrected chi connectivity index (χ3v) is 5.47. The molecule has 0 aliphatic carbocycles. The third kappa shape index (κ3) is 5.58. The Hall–Kier alpha value is -3.54. The average molecular weight is 467 g/mol. The van der Waals surface area contributed by atoms with Crippen LogP contribution in [0, 0.1) is 0 Å². The minimum absolute atomic E-state index is 0.533. The summed E-state index contributed by atoms with van der Waals surface area (Å²) < 4.78 is 5.18. The Labute approximate surface area is 197 Å². The number of rotatable bonds is 3. The monoisotopic (exact) mass is 466 g/mol. The largest absolute Gasteiger partial charge is 0.495 e. The van der Waals surface area contributed by atoms with E-state index in [1.54, 1.807) is 31.4 Å². The molecule has 0 saturated heterocycles. The van der Waals surface area contributed by atoms with Crippen molar-refractivity contribution in [1.29, 1.82) is 0 Å².